The Balaban J connectivity index is 1.49. The number of carbonyl (C=O) groups excluding carboxylic acids is 3. The monoisotopic (exact) mass is 580 g/mol. The highest BCUT2D eigenvalue weighted by Gasteiger charge is 2.15. The van der Waals surface area contributed by atoms with Crippen molar-refractivity contribution in [2.75, 3.05) is 12.4 Å². The van der Waals surface area contributed by atoms with Crippen LogP contribution in [0.15, 0.2) is 119 Å². The van der Waals surface area contributed by atoms with Gasteiger partial charge < -0.3 is 15.4 Å². The fraction of sp³-hybridized carbons (Fsp3) is 0.0312. The zero-order chi connectivity index (χ0) is 27.6. The maximum absolute atomic E-state index is 13.2. The van der Waals surface area contributed by atoms with E-state index in [9.17, 15) is 14.4 Å². The Morgan fingerprint density at radius 2 is 1.44 bits per heavy atom. The van der Waals surface area contributed by atoms with Crippen LogP contribution in [0.1, 0.15) is 31.8 Å². The Morgan fingerprint density at radius 3 is 2.13 bits per heavy atom. The lowest BCUT2D eigenvalue weighted by molar-refractivity contribution is -0.113. The van der Waals surface area contributed by atoms with E-state index in [0.717, 1.165) is 15.6 Å². The molecule has 0 saturated carbocycles. The third-order valence-electron chi connectivity index (χ3n) is 5.69. The van der Waals surface area contributed by atoms with E-state index in [2.05, 4.69) is 26.6 Å². The van der Waals surface area contributed by atoms with Gasteiger partial charge in [0.2, 0.25) is 0 Å². The molecule has 4 aromatic carbocycles. The van der Waals surface area contributed by atoms with Crippen molar-refractivity contribution in [1.29, 1.82) is 0 Å². The summed E-state index contributed by atoms with van der Waals surface area (Å²) in [5.41, 5.74) is 2.96. The van der Waals surface area contributed by atoms with Crippen molar-refractivity contribution in [1.82, 2.24) is 5.32 Å². The standard InChI is InChI=1S/C32H25BrN2O4/c1-39-30-10-6-5-7-24(30)15-20-29(36)23-13-18-27(19-14-23)34-32(38)28(21-22-11-16-26(33)17-12-22)35-31(37)25-8-3-2-4-9-25/h2-21H,1H3,(H,34,38)(H,35,37)/b20-15+,28-21-. The fourth-order valence-corrected chi connectivity index (χ4v) is 3.91. The largest absolute Gasteiger partial charge is 0.496 e. The van der Waals surface area contributed by atoms with Gasteiger partial charge in [-0.2, -0.15) is 0 Å². The number of carbonyl (C=O) groups is 3. The molecule has 194 valence electrons. The third-order valence-corrected chi connectivity index (χ3v) is 6.22. The van der Waals surface area contributed by atoms with Crippen LogP contribution in [0.4, 0.5) is 5.69 Å². The molecule has 4 rings (SSSR count). The highest BCUT2D eigenvalue weighted by atomic mass is 79.9. The Labute approximate surface area is 235 Å². The Kier molecular flexibility index (Phi) is 9.21. The van der Waals surface area contributed by atoms with Gasteiger partial charge in [-0.1, -0.05) is 64.5 Å². The predicted molar refractivity (Wildman–Crippen MR) is 157 cm³/mol. The quantitative estimate of drug-likeness (QED) is 0.169. The van der Waals surface area contributed by atoms with Crippen LogP contribution in [-0.4, -0.2) is 24.7 Å². The number of hydrogen-bond donors (Lipinski definition) is 2. The van der Waals surface area contributed by atoms with Gasteiger partial charge in [-0.05, 0) is 78.4 Å². The first-order valence-corrected chi connectivity index (χ1v) is 12.8. The summed E-state index contributed by atoms with van der Waals surface area (Å²) in [4.78, 5) is 38.7. The van der Waals surface area contributed by atoms with E-state index in [1.54, 1.807) is 67.8 Å². The molecule has 0 aliphatic carbocycles. The van der Waals surface area contributed by atoms with E-state index in [4.69, 9.17) is 4.74 Å². The van der Waals surface area contributed by atoms with Gasteiger partial charge in [0.15, 0.2) is 5.78 Å². The zero-order valence-corrected chi connectivity index (χ0v) is 22.6. The predicted octanol–water partition coefficient (Wildman–Crippen LogP) is 6.76. The number of methoxy groups -OCH3 is 1. The summed E-state index contributed by atoms with van der Waals surface area (Å²) in [6, 6.07) is 29.9. The molecule has 39 heavy (non-hydrogen) atoms. The van der Waals surface area contributed by atoms with Crippen LogP contribution in [0.2, 0.25) is 0 Å². The summed E-state index contributed by atoms with van der Waals surface area (Å²) in [7, 11) is 1.58. The SMILES string of the molecule is COc1ccccc1/C=C/C(=O)c1ccc(NC(=O)/C(=C/c2ccc(Br)cc2)NC(=O)c2ccccc2)cc1. The van der Waals surface area contributed by atoms with Gasteiger partial charge in [0, 0.05) is 26.9 Å². The molecule has 0 aliphatic rings. The van der Waals surface area contributed by atoms with Crippen molar-refractivity contribution in [3.63, 3.8) is 0 Å². The molecule has 0 bridgehead atoms. The molecule has 0 saturated heterocycles. The van der Waals surface area contributed by atoms with Crippen LogP contribution in [0.3, 0.4) is 0 Å². The van der Waals surface area contributed by atoms with Crippen molar-refractivity contribution in [3.05, 3.63) is 142 Å². The number of para-hydroxylation sites is 1. The summed E-state index contributed by atoms with van der Waals surface area (Å²) in [5, 5.41) is 5.51. The molecule has 0 radical (unpaired) electrons. The van der Waals surface area contributed by atoms with Crippen LogP contribution in [0.25, 0.3) is 12.2 Å². The van der Waals surface area contributed by atoms with Crippen LogP contribution in [0, 0.1) is 0 Å². The van der Waals surface area contributed by atoms with Crippen molar-refractivity contribution < 1.29 is 19.1 Å². The van der Waals surface area contributed by atoms with Crippen LogP contribution in [0.5, 0.6) is 5.75 Å². The van der Waals surface area contributed by atoms with Gasteiger partial charge in [-0.15, -0.1) is 0 Å². The van der Waals surface area contributed by atoms with E-state index < -0.39 is 11.8 Å². The van der Waals surface area contributed by atoms with Gasteiger partial charge in [0.05, 0.1) is 7.11 Å². The van der Waals surface area contributed by atoms with Crippen LogP contribution >= 0.6 is 15.9 Å². The highest BCUT2D eigenvalue weighted by Crippen LogP contribution is 2.20. The number of halogens is 1. The summed E-state index contributed by atoms with van der Waals surface area (Å²) in [5.74, 6) is -0.426. The molecular weight excluding hydrogens is 556 g/mol. The van der Waals surface area contributed by atoms with E-state index in [0.29, 0.717) is 22.6 Å². The molecule has 6 nitrogen and oxygen atoms in total. The fourth-order valence-electron chi connectivity index (χ4n) is 3.65. The second-order valence-electron chi connectivity index (χ2n) is 8.40. The topological polar surface area (TPSA) is 84.5 Å². The molecule has 2 amide bonds. The lowest BCUT2D eigenvalue weighted by atomic mass is 10.1. The first-order valence-electron chi connectivity index (χ1n) is 12.0. The second kappa shape index (κ2) is 13.2. The van der Waals surface area contributed by atoms with Gasteiger partial charge >= 0.3 is 0 Å². The number of rotatable bonds is 9. The van der Waals surface area contributed by atoms with Gasteiger partial charge in [0.25, 0.3) is 11.8 Å². The van der Waals surface area contributed by atoms with E-state index >= 15 is 0 Å². The summed E-state index contributed by atoms with van der Waals surface area (Å²) in [6.45, 7) is 0. The van der Waals surface area contributed by atoms with E-state index in [1.165, 1.54) is 6.08 Å². The minimum Gasteiger partial charge on any atom is -0.496 e. The second-order valence-corrected chi connectivity index (χ2v) is 9.32. The smallest absolute Gasteiger partial charge is 0.272 e. The maximum atomic E-state index is 13.2. The lowest BCUT2D eigenvalue weighted by Gasteiger charge is -2.12. The average Bonchev–Trinajstić information content (AvgIpc) is 2.97. The summed E-state index contributed by atoms with van der Waals surface area (Å²) in [6.07, 6.45) is 4.78. The lowest BCUT2D eigenvalue weighted by Crippen LogP contribution is -2.30. The van der Waals surface area contributed by atoms with Crippen molar-refractivity contribution in [3.8, 4) is 5.75 Å². The third kappa shape index (κ3) is 7.63. The number of amides is 2. The number of nitrogens with one attached hydrogen (secondary N) is 2. The summed E-state index contributed by atoms with van der Waals surface area (Å²) < 4.78 is 6.21. The zero-order valence-electron chi connectivity index (χ0n) is 21.1. The molecule has 0 aromatic heterocycles. The molecule has 0 aliphatic heterocycles. The highest BCUT2D eigenvalue weighted by molar-refractivity contribution is 9.10. The average molecular weight is 581 g/mol. The minimum absolute atomic E-state index is 0.0751. The van der Waals surface area contributed by atoms with E-state index in [1.807, 2.05) is 54.6 Å². The van der Waals surface area contributed by atoms with Crippen molar-refractivity contribution in [2.45, 2.75) is 0 Å². The van der Waals surface area contributed by atoms with Crippen LogP contribution in [-0.2, 0) is 4.79 Å². The molecule has 4 aromatic rings. The maximum Gasteiger partial charge on any atom is 0.272 e. The molecule has 0 fully saturated rings. The van der Waals surface area contributed by atoms with Crippen molar-refractivity contribution >= 4 is 51.4 Å². The number of hydrogen-bond acceptors (Lipinski definition) is 4. The molecule has 0 heterocycles. The number of ether oxygens (including phenoxy) is 1. The Bertz CT molecular complexity index is 1530. The number of allylic oxidation sites excluding steroid dienone is 1. The Morgan fingerprint density at radius 1 is 0.769 bits per heavy atom. The molecule has 7 heteroatoms. The Hall–Kier alpha value is -4.75. The number of benzene rings is 4. The number of anilines is 1. The van der Waals surface area contributed by atoms with Gasteiger partial charge in [-0.3, -0.25) is 14.4 Å². The first-order chi connectivity index (χ1) is 18.9. The van der Waals surface area contributed by atoms with Crippen molar-refractivity contribution in [2.24, 2.45) is 0 Å². The number of ketones is 1. The van der Waals surface area contributed by atoms with E-state index in [-0.39, 0.29) is 11.5 Å². The first kappa shape index (κ1) is 27.3. The molecular formula is C32H25BrN2O4. The van der Waals surface area contributed by atoms with Gasteiger partial charge in [-0.25, -0.2) is 0 Å². The normalized spacial score (nSPS) is 11.2. The molecule has 0 spiro atoms. The molecule has 0 atom stereocenters. The van der Waals surface area contributed by atoms with Gasteiger partial charge in [0.1, 0.15) is 11.4 Å². The molecule has 2 N–H and O–H groups in total. The minimum atomic E-state index is -0.502. The van der Waals surface area contributed by atoms with Crippen LogP contribution < -0.4 is 15.4 Å². The summed E-state index contributed by atoms with van der Waals surface area (Å²) >= 11 is 3.40. The molecule has 0 unspecified atom stereocenters.